The average molecular weight is 419 g/mol. The van der Waals surface area contributed by atoms with Crippen molar-refractivity contribution < 1.29 is 22.7 Å². The second-order valence-corrected chi connectivity index (χ2v) is 8.66. The van der Waals surface area contributed by atoms with Crippen molar-refractivity contribution in [2.45, 2.75) is 17.7 Å². The molecule has 0 atom stereocenters. The van der Waals surface area contributed by atoms with Crippen LogP contribution in [0.25, 0.3) is 0 Å². The Kier molecular flexibility index (Phi) is 7.24. The molecule has 0 radical (unpaired) electrons. The fourth-order valence-electron chi connectivity index (χ4n) is 3.20. The average Bonchev–Trinajstić information content (AvgIpc) is 2.77. The Morgan fingerprint density at radius 2 is 1.86 bits per heavy atom. The zero-order chi connectivity index (χ0) is 20.7. The van der Waals surface area contributed by atoms with Gasteiger partial charge >= 0.3 is 0 Å². The van der Waals surface area contributed by atoms with Crippen LogP contribution in [0, 0.1) is 0 Å². The summed E-state index contributed by atoms with van der Waals surface area (Å²) in [5, 5.41) is 2.85. The van der Waals surface area contributed by atoms with Gasteiger partial charge in [-0.2, -0.15) is 4.31 Å². The maximum Gasteiger partial charge on any atom is 0.255 e. The minimum absolute atomic E-state index is 0.0784. The number of hydrogen-bond acceptors (Lipinski definition) is 5. The van der Waals surface area contributed by atoms with Crippen LogP contribution < -0.4 is 10.1 Å². The lowest BCUT2D eigenvalue weighted by Crippen LogP contribution is -2.40. The van der Waals surface area contributed by atoms with E-state index in [1.54, 1.807) is 0 Å². The zero-order valence-corrected chi connectivity index (χ0v) is 17.3. The summed E-state index contributed by atoms with van der Waals surface area (Å²) >= 11 is 0. The molecule has 156 valence electrons. The Balaban J connectivity index is 1.68. The van der Waals surface area contributed by atoms with Gasteiger partial charge in [-0.05, 0) is 36.6 Å². The number of rotatable bonds is 8. The molecule has 2 aromatic rings. The van der Waals surface area contributed by atoms with Gasteiger partial charge in [0.1, 0.15) is 5.75 Å². The molecular formula is C21H26N2O5S. The topological polar surface area (TPSA) is 84.9 Å². The van der Waals surface area contributed by atoms with Crippen molar-refractivity contribution in [2.24, 2.45) is 0 Å². The number of sulfonamides is 1. The van der Waals surface area contributed by atoms with Crippen molar-refractivity contribution in [2.75, 3.05) is 40.0 Å². The molecule has 1 amide bonds. The van der Waals surface area contributed by atoms with Gasteiger partial charge in [-0.1, -0.05) is 30.3 Å². The van der Waals surface area contributed by atoms with Gasteiger partial charge in [-0.3, -0.25) is 4.79 Å². The summed E-state index contributed by atoms with van der Waals surface area (Å²) in [6, 6.07) is 14.4. The third kappa shape index (κ3) is 5.35. The Morgan fingerprint density at radius 3 is 2.55 bits per heavy atom. The van der Waals surface area contributed by atoms with Gasteiger partial charge in [0.2, 0.25) is 10.0 Å². The van der Waals surface area contributed by atoms with Crippen LogP contribution in [0.2, 0.25) is 0 Å². The Morgan fingerprint density at radius 1 is 1.14 bits per heavy atom. The molecule has 0 bridgehead atoms. The van der Waals surface area contributed by atoms with Gasteiger partial charge in [0.15, 0.2) is 0 Å². The van der Waals surface area contributed by atoms with E-state index in [0.29, 0.717) is 38.6 Å². The van der Waals surface area contributed by atoms with Crippen LogP contribution >= 0.6 is 0 Å². The van der Waals surface area contributed by atoms with Gasteiger partial charge in [-0.15, -0.1) is 0 Å². The van der Waals surface area contributed by atoms with Crippen LogP contribution in [-0.2, 0) is 21.2 Å². The van der Waals surface area contributed by atoms with Crippen LogP contribution in [0.4, 0.5) is 0 Å². The molecule has 1 saturated heterocycles. The van der Waals surface area contributed by atoms with Gasteiger partial charge in [0, 0.05) is 19.6 Å². The molecule has 2 aromatic carbocycles. The molecule has 1 aliphatic rings. The van der Waals surface area contributed by atoms with Crippen LogP contribution in [0.5, 0.6) is 5.75 Å². The number of benzene rings is 2. The van der Waals surface area contributed by atoms with E-state index >= 15 is 0 Å². The number of morpholine rings is 1. The van der Waals surface area contributed by atoms with E-state index in [9.17, 15) is 13.2 Å². The van der Waals surface area contributed by atoms with Gasteiger partial charge in [0.25, 0.3) is 5.91 Å². The van der Waals surface area contributed by atoms with Crippen molar-refractivity contribution in [1.82, 2.24) is 9.62 Å². The summed E-state index contributed by atoms with van der Waals surface area (Å²) in [7, 11) is -2.23. The van der Waals surface area contributed by atoms with Crippen LogP contribution in [0.3, 0.4) is 0 Å². The zero-order valence-electron chi connectivity index (χ0n) is 16.5. The molecule has 0 aliphatic carbocycles. The fourth-order valence-corrected chi connectivity index (χ4v) is 4.63. The van der Waals surface area contributed by atoms with Crippen LogP contribution in [0.1, 0.15) is 22.3 Å². The first-order valence-corrected chi connectivity index (χ1v) is 11.0. The first kappa shape index (κ1) is 21.3. The lowest BCUT2D eigenvalue weighted by Gasteiger charge is -2.26. The standard InChI is InChI=1S/C21H26N2O5S/c1-27-20-10-9-18(29(25,26)23-12-14-28-15-13-23)16-19(20)21(24)22-11-5-8-17-6-3-2-4-7-17/h2-4,6-7,9-10,16H,5,8,11-15H2,1H3,(H,22,24). The number of carbonyl (C=O) groups excluding carboxylic acids is 1. The quantitative estimate of drug-likeness (QED) is 0.664. The molecule has 0 aromatic heterocycles. The van der Waals surface area contributed by atoms with Gasteiger partial charge in [0.05, 0.1) is 30.8 Å². The first-order chi connectivity index (χ1) is 14.0. The third-order valence-electron chi connectivity index (χ3n) is 4.79. The second-order valence-electron chi connectivity index (χ2n) is 6.72. The first-order valence-electron chi connectivity index (χ1n) is 9.60. The van der Waals surface area contributed by atoms with E-state index < -0.39 is 10.0 Å². The van der Waals surface area contributed by atoms with Crippen LogP contribution in [0.15, 0.2) is 53.4 Å². The molecule has 0 unspecified atom stereocenters. The van der Waals surface area contributed by atoms with Crippen molar-refractivity contribution in [1.29, 1.82) is 0 Å². The number of methoxy groups -OCH3 is 1. The van der Waals surface area contributed by atoms with E-state index in [1.165, 1.54) is 35.2 Å². The normalized spacial score (nSPS) is 15.1. The van der Waals surface area contributed by atoms with Crippen LogP contribution in [-0.4, -0.2) is 58.6 Å². The molecule has 29 heavy (non-hydrogen) atoms. The Bertz CT molecular complexity index is 925. The van der Waals surface area contributed by atoms with Crippen molar-refractivity contribution >= 4 is 15.9 Å². The molecule has 1 heterocycles. The molecule has 7 nitrogen and oxygen atoms in total. The number of nitrogens with one attached hydrogen (secondary N) is 1. The predicted molar refractivity (Wildman–Crippen MR) is 110 cm³/mol. The SMILES string of the molecule is COc1ccc(S(=O)(=O)N2CCOCC2)cc1C(=O)NCCCc1ccccc1. The molecule has 3 rings (SSSR count). The summed E-state index contributed by atoms with van der Waals surface area (Å²) < 4.78 is 37.6. The van der Waals surface area contributed by atoms with E-state index in [1.807, 2.05) is 30.3 Å². The molecule has 1 N–H and O–H groups in total. The molecule has 1 aliphatic heterocycles. The second kappa shape index (κ2) is 9.87. The summed E-state index contributed by atoms with van der Waals surface area (Å²) in [4.78, 5) is 12.8. The third-order valence-corrected chi connectivity index (χ3v) is 6.69. The lowest BCUT2D eigenvalue weighted by molar-refractivity contribution is 0.0730. The number of hydrogen-bond donors (Lipinski definition) is 1. The molecular weight excluding hydrogens is 392 g/mol. The summed E-state index contributed by atoms with van der Waals surface area (Å²) in [6.45, 7) is 1.82. The van der Waals surface area contributed by atoms with Crippen molar-refractivity contribution in [3.8, 4) is 5.75 Å². The highest BCUT2D eigenvalue weighted by Gasteiger charge is 2.28. The molecule has 8 heteroatoms. The maximum atomic E-state index is 12.9. The Labute approximate surface area is 171 Å². The maximum absolute atomic E-state index is 12.9. The Hall–Kier alpha value is -2.42. The van der Waals surface area contributed by atoms with E-state index in [0.717, 1.165) is 12.8 Å². The highest BCUT2D eigenvalue weighted by atomic mass is 32.2. The minimum atomic E-state index is -3.69. The van der Waals surface area contributed by atoms with E-state index in [2.05, 4.69) is 5.32 Å². The fraction of sp³-hybridized carbons (Fsp3) is 0.381. The molecule has 0 spiro atoms. The molecule has 0 saturated carbocycles. The summed E-state index contributed by atoms with van der Waals surface area (Å²) in [5.41, 5.74) is 1.42. The predicted octanol–water partition coefficient (Wildman–Crippen LogP) is 2.08. The van der Waals surface area contributed by atoms with Gasteiger partial charge < -0.3 is 14.8 Å². The number of ether oxygens (including phenoxy) is 2. The van der Waals surface area contributed by atoms with Crippen molar-refractivity contribution in [3.05, 3.63) is 59.7 Å². The van der Waals surface area contributed by atoms with Gasteiger partial charge in [-0.25, -0.2) is 8.42 Å². The lowest BCUT2D eigenvalue weighted by atomic mass is 10.1. The summed E-state index contributed by atoms with van der Waals surface area (Å²) in [5.74, 6) is -0.0135. The monoisotopic (exact) mass is 418 g/mol. The smallest absolute Gasteiger partial charge is 0.255 e. The number of nitrogens with zero attached hydrogens (tertiary/aromatic N) is 1. The number of amides is 1. The minimum Gasteiger partial charge on any atom is -0.496 e. The highest BCUT2D eigenvalue weighted by molar-refractivity contribution is 7.89. The van der Waals surface area contributed by atoms with E-state index in [4.69, 9.17) is 9.47 Å². The molecule has 1 fully saturated rings. The number of aryl methyl sites for hydroxylation is 1. The largest absolute Gasteiger partial charge is 0.496 e. The highest BCUT2D eigenvalue weighted by Crippen LogP contribution is 2.25. The van der Waals surface area contributed by atoms with E-state index in [-0.39, 0.29) is 16.4 Å². The van der Waals surface area contributed by atoms with Crippen molar-refractivity contribution in [3.63, 3.8) is 0 Å². The number of carbonyl (C=O) groups is 1. The summed E-state index contributed by atoms with van der Waals surface area (Å²) in [6.07, 6.45) is 1.63.